The van der Waals surface area contributed by atoms with Gasteiger partial charge in [0.1, 0.15) is 6.23 Å². The van der Waals surface area contributed by atoms with Crippen LogP contribution in [0.15, 0.2) is 0 Å². The summed E-state index contributed by atoms with van der Waals surface area (Å²) in [5.41, 5.74) is 0. The minimum atomic E-state index is 0.372. The lowest BCUT2D eigenvalue weighted by Crippen LogP contribution is -2.19. The van der Waals surface area contributed by atoms with Gasteiger partial charge in [-0.1, -0.05) is 13.3 Å². The Balaban J connectivity index is 1.83. The van der Waals surface area contributed by atoms with Crippen molar-refractivity contribution in [1.29, 1.82) is 0 Å². The Morgan fingerprint density at radius 3 is 2.67 bits per heavy atom. The summed E-state index contributed by atoms with van der Waals surface area (Å²) in [6, 6.07) is 0. The van der Waals surface area contributed by atoms with E-state index in [1.807, 2.05) is 0 Å². The van der Waals surface area contributed by atoms with Crippen LogP contribution in [0.5, 0.6) is 0 Å². The van der Waals surface area contributed by atoms with Crippen molar-refractivity contribution < 1.29 is 4.74 Å². The van der Waals surface area contributed by atoms with Crippen LogP contribution in [-0.4, -0.2) is 18.9 Å². The van der Waals surface area contributed by atoms with Crippen LogP contribution in [-0.2, 0) is 4.74 Å². The van der Waals surface area contributed by atoms with Crippen molar-refractivity contribution in [2.75, 3.05) is 6.54 Å². The van der Waals surface area contributed by atoms with Gasteiger partial charge in [0.15, 0.2) is 0 Å². The molecule has 1 rings (SSSR count). The van der Waals surface area contributed by atoms with Crippen LogP contribution in [0.25, 0.3) is 0 Å². The average Bonchev–Trinajstić information content (AvgIpc) is 2.48. The molecule has 0 radical (unpaired) electrons. The van der Waals surface area contributed by atoms with Crippen LogP contribution in [0.4, 0.5) is 0 Å². The molecule has 1 heterocycles. The fourth-order valence-electron chi connectivity index (χ4n) is 0.821. The summed E-state index contributed by atoms with van der Waals surface area (Å²) in [4.78, 5) is 0. The fraction of sp³-hybridized carbons (Fsp3) is 1.00. The first kappa shape index (κ1) is 7.03. The molecule has 0 aromatic rings. The van der Waals surface area contributed by atoms with Crippen molar-refractivity contribution in [2.24, 2.45) is 0 Å². The van der Waals surface area contributed by atoms with Crippen LogP contribution < -0.4 is 5.32 Å². The number of nitrogens with one attached hydrogen (secondary N) is 1. The average molecular weight is 129 g/mol. The molecule has 54 valence electrons. The molecule has 0 bridgehead atoms. The van der Waals surface area contributed by atoms with Gasteiger partial charge in [-0.05, 0) is 19.9 Å². The number of hydrogen-bond donors (Lipinski definition) is 1. The molecule has 0 aromatic heterocycles. The van der Waals surface area contributed by atoms with E-state index in [-0.39, 0.29) is 0 Å². The summed E-state index contributed by atoms with van der Waals surface area (Å²) in [5, 5.41) is 3.29. The van der Waals surface area contributed by atoms with E-state index in [0.717, 1.165) is 6.54 Å². The van der Waals surface area contributed by atoms with Gasteiger partial charge < -0.3 is 4.74 Å². The van der Waals surface area contributed by atoms with E-state index < -0.39 is 0 Å². The van der Waals surface area contributed by atoms with Crippen LogP contribution in [0.3, 0.4) is 0 Å². The molecule has 0 amide bonds. The van der Waals surface area contributed by atoms with Crippen molar-refractivity contribution in [2.45, 2.75) is 39.0 Å². The van der Waals surface area contributed by atoms with Crippen molar-refractivity contribution in [1.82, 2.24) is 5.32 Å². The summed E-state index contributed by atoms with van der Waals surface area (Å²) in [5.74, 6) is 0. The summed E-state index contributed by atoms with van der Waals surface area (Å²) in [6.07, 6.45) is 3.35. The van der Waals surface area contributed by atoms with Crippen molar-refractivity contribution in [3.05, 3.63) is 0 Å². The Labute approximate surface area is 56.6 Å². The lowest BCUT2D eigenvalue weighted by atomic mass is 10.3. The van der Waals surface area contributed by atoms with Crippen molar-refractivity contribution in [3.63, 3.8) is 0 Å². The zero-order valence-corrected chi connectivity index (χ0v) is 6.18. The zero-order valence-electron chi connectivity index (χ0n) is 6.18. The molecule has 1 fully saturated rings. The highest BCUT2D eigenvalue weighted by Crippen LogP contribution is 2.16. The minimum absolute atomic E-state index is 0.372. The van der Waals surface area contributed by atoms with Gasteiger partial charge in [0.2, 0.25) is 0 Å². The molecule has 2 nitrogen and oxygen atoms in total. The molecule has 0 aromatic carbocycles. The lowest BCUT2D eigenvalue weighted by Gasteiger charge is -1.95. The maximum absolute atomic E-state index is 5.15. The summed E-state index contributed by atoms with van der Waals surface area (Å²) >= 11 is 0. The number of hydrogen-bond acceptors (Lipinski definition) is 2. The third-order valence-corrected chi connectivity index (χ3v) is 1.59. The van der Waals surface area contributed by atoms with E-state index >= 15 is 0 Å². The first-order chi connectivity index (χ1) is 4.34. The van der Waals surface area contributed by atoms with E-state index in [4.69, 9.17) is 4.74 Å². The molecule has 0 aliphatic carbocycles. The van der Waals surface area contributed by atoms with Crippen molar-refractivity contribution >= 4 is 0 Å². The SMILES string of the molecule is CCCCNC1OC1C. The molecule has 1 N–H and O–H groups in total. The maximum atomic E-state index is 5.15. The Kier molecular flexibility index (Phi) is 2.49. The Morgan fingerprint density at radius 1 is 1.56 bits per heavy atom. The van der Waals surface area contributed by atoms with Gasteiger partial charge >= 0.3 is 0 Å². The van der Waals surface area contributed by atoms with Crippen LogP contribution in [0.2, 0.25) is 0 Å². The van der Waals surface area contributed by atoms with E-state index in [9.17, 15) is 0 Å². The Hall–Kier alpha value is -0.0800. The summed E-state index contributed by atoms with van der Waals surface area (Å²) < 4.78 is 5.15. The third-order valence-electron chi connectivity index (χ3n) is 1.59. The zero-order chi connectivity index (χ0) is 6.69. The van der Waals surface area contributed by atoms with E-state index in [0.29, 0.717) is 12.3 Å². The topological polar surface area (TPSA) is 24.6 Å². The molecule has 2 atom stereocenters. The molecule has 0 spiro atoms. The van der Waals surface area contributed by atoms with Gasteiger partial charge in [-0.3, -0.25) is 5.32 Å². The van der Waals surface area contributed by atoms with Gasteiger partial charge in [0, 0.05) is 0 Å². The molecule has 1 aliphatic rings. The van der Waals surface area contributed by atoms with Gasteiger partial charge in [0.25, 0.3) is 0 Å². The monoisotopic (exact) mass is 129 g/mol. The van der Waals surface area contributed by atoms with Crippen LogP contribution in [0.1, 0.15) is 26.7 Å². The van der Waals surface area contributed by atoms with E-state index in [1.165, 1.54) is 12.8 Å². The Bertz CT molecular complexity index is 85.0. The number of rotatable bonds is 4. The second-order valence-electron chi connectivity index (χ2n) is 2.57. The van der Waals surface area contributed by atoms with Gasteiger partial charge in [-0.15, -0.1) is 0 Å². The summed E-state index contributed by atoms with van der Waals surface area (Å²) in [7, 11) is 0. The first-order valence-corrected chi connectivity index (χ1v) is 3.73. The predicted molar refractivity (Wildman–Crippen MR) is 37.2 cm³/mol. The van der Waals surface area contributed by atoms with Gasteiger partial charge in [-0.25, -0.2) is 0 Å². The van der Waals surface area contributed by atoms with Crippen LogP contribution in [0, 0.1) is 0 Å². The molecule has 1 saturated heterocycles. The standard InChI is InChI=1S/C7H15NO/c1-3-4-5-8-7-6(2)9-7/h6-8H,3-5H2,1-2H3. The molecule has 2 heteroatoms. The van der Waals surface area contributed by atoms with Crippen LogP contribution >= 0.6 is 0 Å². The first-order valence-electron chi connectivity index (χ1n) is 3.73. The van der Waals surface area contributed by atoms with E-state index in [1.54, 1.807) is 0 Å². The highest BCUT2D eigenvalue weighted by atomic mass is 16.6. The number of unbranched alkanes of at least 4 members (excludes halogenated alkanes) is 1. The molecule has 9 heavy (non-hydrogen) atoms. The quantitative estimate of drug-likeness (QED) is 0.454. The maximum Gasteiger partial charge on any atom is 0.134 e. The van der Waals surface area contributed by atoms with Gasteiger partial charge in [-0.2, -0.15) is 0 Å². The van der Waals surface area contributed by atoms with Gasteiger partial charge in [0.05, 0.1) is 6.10 Å². The molecule has 0 saturated carbocycles. The largest absolute Gasteiger partial charge is 0.354 e. The lowest BCUT2D eigenvalue weighted by molar-refractivity contribution is 0.349. The minimum Gasteiger partial charge on any atom is -0.354 e. The second kappa shape index (κ2) is 3.18. The number of ether oxygens (including phenoxy) is 1. The molecular formula is C7H15NO. The fourth-order valence-corrected chi connectivity index (χ4v) is 0.821. The highest BCUT2D eigenvalue weighted by Gasteiger charge is 2.32. The third kappa shape index (κ3) is 2.33. The summed E-state index contributed by atoms with van der Waals surface area (Å²) in [6.45, 7) is 5.38. The molecule has 1 aliphatic heterocycles. The second-order valence-corrected chi connectivity index (χ2v) is 2.57. The Morgan fingerprint density at radius 2 is 2.22 bits per heavy atom. The van der Waals surface area contributed by atoms with E-state index in [2.05, 4.69) is 19.2 Å². The molecule has 2 unspecified atom stereocenters. The normalized spacial score (nSPS) is 32.7. The smallest absolute Gasteiger partial charge is 0.134 e. The predicted octanol–water partition coefficient (Wildman–Crippen LogP) is 1.12. The number of epoxide rings is 1. The highest BCUT2D eigenvalue weighted by molar-refractivity contribution is 4.76. The molecular weight excluding hydrogens is 114 g/mol. The van der Waals surface area contributed by atoms with Crippen molar-refractivity contribution in [3.8, 4) is 0 Å².